The molecule has 96 valence electrons. The van der Waals surface area contributed by atoms with Gasteiger partial charge >= 0.3 is 0 Å². The van der Waals surface area contributed by atoms with E-state index >= 15 is 0 Å². The van der Waals surface area contributed by atoms with Gasteiger partial charge in [-0.05, 0) is 56.6 Å². The van der Waals surface area contributed by atoms with Crippen molar-refractivity contribution in [2.24, 2.45) is 5.92 Å². The topological polar surface area (TPSA) is 15.3 Å². The molecule has 0 aromatic heterocycles. The molecule has 1 unspecified atom stereocenters. The van der Waals surface area contributed by atoms with Crippen molar-refractivity contribution in [2.75, 3.05) is 32.1 Å². The van der Waals surface area contributed by atoms with Crippen LogP contribution in [-0.2, 0) is 0 Å². The van der Waals surface area contributed by atoms with E-state index in [-0.39, 0.29) is 0 Å². The van der Waals surface area contributed by atoms with Crippen molar-refractivity contribution in [1.82, 2.24) is 5.32 Å². The smallest absolute Gasteiger partial charge is 0.0366 e. The third kappa shape index (κ3) is 4.04. The molecule has 0 heterocycles. The average Bonchev–Trinajstić information content (AvgIpc) is 2.31. The third-order valence-corrected chi connectivity index (χ3v) is 3.53. The van der Waals surface area contributed by atoms with E-state index in [1.807, 2.05) is 7.05 Å². The molecule has 0 amide bonds. The van der Waals surface area contributed by atoms with E-state index < -0.39 is 0 Å². The molecular formula is C15H26N2. The van der Waals surface area contributed by atoms with Gasteiger partial charge in [0, 0.05) is 19.3 Å². The highest BCUT2D eigenvalue weighted by molar-refractivity contribution is 5.50. The summed E-state index contributed by atoms with van der Waals surface area (Å²) in [6.07, 6.45) is 1.22. The van der Waals surface area contributed by atoms with Gasteiger partial charge in [-0.2, -0.15) is 0 Å². The highest BCUT2D eigenvalue weighted by Crippen LogP contribution is 2.19. The van der Waals surface area contributed by atoms with Gasteiger partial charge in [0.2, 0.25) is 0 Å². The monoisotopic (exact) mass is 234 g/mol. The van der Waals surface area contributed by atoms with Crippen LogP contribution in [0.3, 0.4) is 0 Å². The predicted octanol–water partition coefficient (Wildman–Crippen LogP) is 2.99. The Bertz CT molecular complexity index is 347. The molecule has 1 aromatic carbocycles. The number of hydrogen-bond acceptors (Lipinski definition) is 2. The van der Waals surface area contributed by atoms with Crippen LogP contribution in [0.2, 0.25) is 0 Å². The average molecular weight is 234 g/mol. The van der Waals surface area contributed by atoms with Crippen LogP contribution in [0.1, 0.15) is 24.5 Å². The van der Waals surface area contributed by atoms with E-state index in [9.17, 15) is 0 Å². The molecule has 17 heavy (non-hydrogen) atoms. The molecule has 2 heteroatoms. The Hall–Kier alpha value is -1.02. The maximum absolute atomic E-state index is 3.27. The number of rotatable bonds is 6. The molecule has 0 bridgehead atoms. The molecule has 1 N–H and O–H groups in total. The van der Waals surface area contributed by atoms with Gasteiger partial charge in [0.05, 0.1) is 0 Å². The van der Waals surface area contributed by atoms with Crippen LogP contribution in [0.5, 0.6) is 0 Å². The fourth-order valence-corrected chi connectivity index (χ4v) is 2.08. The quantitative estimate of drug-likeness (QED) is 0.814. The maximum atomic E-state index is 3.27. The van der Waals surface area contributed by atoms with Crippen LogP contribution in [0.4, 0.5) is 5.69 Å². The minimum absolute atomic E-state index is 0.714. The number of aryl methyl sites for hydroxylation is 2. The summed E-state index contributed by atoms with van der Waals surface area (Å²) in [4.78, 5) is 2.36. The lowest BCUT2D eigenvalue weighted by Crippen LogP contribution is -2.31. The van der Waals surface area contributed by atoms with Crippen molar-refractivity contribution >= 4 is 5.69 Å². The summed E-state index contributed by atoms with van der Waals surface area (Å²) in [6, 6.07) is 6.70. The van der Waals surface area contributed by atoms with Crippen molar-refractivity contribution in [3.05, 3.63) is 29.3 Å². The zero-order valence-electron chi connectivity index (χ0n) is 11.9. The predicted molar refractivity (Wildman–Crippen MR) is 76.9 cm³/mol. The lowest BCUT2D eigenvalue weighted by molar-refractivity contribution is 0.485. The van der Waals surface area contributed by atoms with Gasteiger partial charge in [-0.15, -0.1) is 0 Å². The van der Waals surface area contributed by atoms with Crippen molar-refractivity contribution in [3.8, 4) is 0 Å². The van der Waals surface area contributed by atoms with E-state index in [4.69, 9.17) is 0 Å². The van der Waals surface area contributed by atoms with Crippen LogP contribution >= 0.6 is 0 Å². The van der Waals surface area contributed by atoms with Crippen LogP contribution < -0.4 is 10.2 Å². The van der Waals surface area contributed by atoms with E-state index in [0.717, 1.165) is 13.1 Å². The Morgan fingerprint density at radius 3 is 2.47 bits per heavy atom. The number of hydrogen-bond donors (Lipinski definition) is 1. The molecule has 1 rings (SSSR count). The molecule has 0 saturated carbocycles. The molecule has 0 aliphatic rings. The van der Waals surface area contributed by atoms with E-state index in [1.54, 1.807) is 0 Å². The van der Waals surface area contributed by atoms with Gasteiger partial charge in [-0.1, -0.05) is 19.4 Å². The van der Waals surface area contributed by atoms with Crippen LogP contribution in [-0.4, -0.2) is 27.2 Å². The Labute approximate surface area is 106 Å². The lowest BCUT2D eigenvalue weighted by atomic mass is 10.0. The van der Waals surface area contributed by atoms with Gasteiger partial charge in [-0.3, -0.25) is 0 Å². The van der Waals surface area contributed by atoms with Crippen molar-refractivity contribution in [3.63, 3.8) is 0 Å². The first kappa shape index (κ1) is 14.0. The van der Waals surface area contributed by atoms with Crippen LogP contribution in [0, 0.1) is 19.8 Å². The fraction of sp³-hybridized carbons (Fsp3) is 0.600. The number of nitrogens with one attached hydrogen (secondary N) is 1. The maximum Gasteiger partial charge on any atom is 0.0366 e. The van der Waals surface area contributed by atoms with Crippen molar-refractivity contribution in [1.29, 1.82) is 0 Å². The Balaban J connectivity index is 2.68. The standard InChI is InChI=1S/C15H26N2/c1-6-14(10-16-4)11-17(5)15-8-7-12(2)13(3)9-15/h7-9,14,16H,6,10-11H2,1-5H3. The van der Waals surface area contributed by atoms with Crippen molar-refractivity contribution in [2.45, 2.75) is 27.2 Å². The number of anilines is 1. The van der Waals surface area contributed by atoms with E-state index in [0.29, 0.717) is 5.92 Å². The van der Waals surface area contributed by atoms with E-state index in [1.165, 1.54) is 23.2 Å². The van der Waals surface area contributed by atoms with Crippen LogP contribution in [0.25, 0.3) is 0 Å². The molecule has 2 nitrogen and oxygen atoms in total. The SMILES string of the molecule is CCC(CNC)CN(C)c1ccc(C)c(C)c1. The Morgan fingerprint density at radius 2 is 1.94 bits per heavy atom. The summed E-state index contributed by atoms with van der Waals surface area (Å²) < 4.78 is 0. The summed E-state index contributed by atoms with van der Waals surface area (Å²) in [5.74, 6) is 0.714. The summed E-state index contributed by atoms with van der Waals surface area (Å²) in [6.45, 7) is 8.80. The van der Waals surface area contributed by atoms with Gasteiger partial charge < -0.3 is 10.2 Å². The molecule has 0 spiro atoms. The summed E-state index contributed by atoms with van der Waals surface area (Å²) >= 11 is 0. The van der Waals surface area contributed by atoms with E-state index in [2.05, 4.69) is 56.2 Å². The lowest BCUT2D eigenvalue weighted by Gasteiger charge is -2.25. The first-order valence-corrected chi connectivity index (χ1v) is 6.51. The summed E-state index contributed by atoms with van der Waals surface area (Å²) in [5, 5.41) is 3.27. The van der Waals surface area contributed by atoms with Gasteiger partial charge in [0.1, 0.15) is 0 Å². The fourth-order valence-electron chi connectivity index (χ4n) is 2.08. The molecule has 0 saturated heterocycles. The zero-order chi connectivity index (χ0) is 12.8. The molecule has 0 radical (unpaired) electrons. The second-order valence-corrected chi connectivity index (χ2v) is 4.98. The highest BCUT2D eigenvalue weighted by atomic mass is 15.1. The minimum Gasteiger partial charge on any atom is -0.374 e. The second kappa shape index (κ2) is 6.65. The molecule has 1 atom stereocenters. The summed E-state index contributed by atoms with van der Waals surface area (Å²) in [5.41, 5.74) is 4.06. The van der Waals surface area contributed by atoms with Crippen molar-refractivity contribution < 1.29 is 0 Å². The Kier molecular flexibility index (Phi) is 5.49. The Morgan fingerprint density at radius 1 is 1.24 bits per heavy atom. The van der Waals surface area contributed by atoms with Crippen LogP contribution in [0.15, 0.2) is 18.2 Å². The largest absolute Gasteiger partial charge is 0.374 e. The number of benzene rings is 1. The van der Waals surface area contributed by atoms with Gasteiger partial charge in [0.15, 0.2) is 0 Å². The first-order chi connectivity index (χ1) is 8.08. The molecule has 0 aliphatic carbocycles. The molecule has 1 aromatic rings. The highest BCUT2D eigenvalue weighted by Gasteiger charge is 2.09. The zero-order valence-corrected chi connectivity index (χ0v) is 11.9. The minimum atomic E-state index is 0.714. The van der Waals surface area contributed by atoms with Gasteiger partial charge in [-0.25, -0.2) is 0 Å². The second-order valence-electron chi connectivity index (χ2n) is 4.98. The van der Waals surface area contributed by atoms with Gasteiger partial charge in [0.25, 0.3) is 0 Å². The molecular weight excluding hydrogens is 208 g/mol. The molecule has 0 fully saturated rings. The normalized spacial score (nSPS) is 12.5. The number of nitrogens with zero attached hydrogens (tertiary/aromatic N) is 1. The molecule has 0 aliphatic heterocycles. The third-order valence-electron chi connectivity index (χ3n) is 3.53. The summed E-state index contributed by atoms with van der Waals surface area (Å²) in [7, 11) is 4.21. The first-order valence-electron chi connectivity index (χ1n) is 6.51.